The minimum absolute atomic E-state index is 0.0337. The minimum Gasteiger partial charge on any atom is -0.478 e. The van der Waals surface area contributed by atoms with Gasteiger partial charge in [0.25, 0.3) is 17.7 Å². The lowest BCUT2D eigenvalue weighted by Gasteiger charge is -2.36. The summed E-state index contributed by atoms with van der Waals surface area (Å²) in [6.45, 7) is 7.30. The average molecular weight is 1210 g/mol. The van der Waals surface area contributed by atoms with Gasteiger partial charge in [0, 0.05) is 86.7 Å². The van der Waals surface area contributed by atoms with Crippen molar-refractivity contribution in [1.82, 2.24) is 29.6 Å². The smallest absolute Gasteiger partial charge is 0.410 e. The number of pyridine rings is 2. The molecular weight excluding hydrogens is 1140 g/mol. The number of halogens is 2. The summed E-state index contributed by atoms with van der Waals surface area (Å²) in [5.41, 5.74) is 6.91. The molecule has 0 unspecified atom stereocenters. The van der Waals surface area contributed by atoms with Gasteiger partial charge in [-0.1, -0.05) is 158 Å². The van der Waals surface area contributed by atoms with E-state index in [1.165, 1.54) is 24.3 Å². The number of carbonyl (C=O) groups is 5. The number of aromatic carboxylic acids is 1. The molecule has 5 heterocycles. The van der Waals surface area contributed by atoms with Crippen molar-refractivity contribution in [2.45, 2.75) is 64.8 Å². The molecule has 1 saturated heterocycles. The fourth-order valence-electron chi connectivity index (χ4n) is 11.8. The molecule has 1 N–H and O–H groups in total. The number of benzene rings is 8. The van der Waals surface area contributed by atoms with Crippen LogP contribution >= 0.6 is 0 Å². The number of carboxylic acids is 1. The Balaban J connectivity index is 0.000000181. The number of rotatable bonds is 14. The van der Waals surface area contributed by atoms with E-state index in [4.69, 9.17) is 19.2 Å². The molecule has 0 aliphatic carbocycles. The summed E-state index contributed by atoms with van der Waals surface area (Å²) >= 11 is 0. The van der Waals surface area contributed by atoms with E-state index in [1.807, 2.05) is 148 Å². The second-order valence-corrected chi connectivity index (χ2v) is 23.2. The van der Waals surface area contributed by atoms with Gasteiger partial charge in [0.05, 0.1) is 22.3 Å². The van der Waals surface area contributed by atoms with E-state index < -0.39 is 29.9 Å². The summed E-state index contributed by atoms with van der Waals surface area (Å²) in [4.78, 5) is 84.1. The van der Waals surface area contributed by atoms with Crippen LogP contribution in [0.3, 0.4) is 0 Å². The Morgan fingerprint density at radius 1 is 0.500 bits per heavy atom. The lowest BCUT2D eigenvalue weighted by molar-refractivity contribution is 0.0140. The molecule has 3 aliphatic heterocycles. The highest BCUT2D eigenvalue weighted by Crippen LogP contribution is 2.46. The number of nitrogens with zero attached hydrogens (tertiary/aromatic N) is 6. The number of hydrogen-bond acceptors (Lipinski definition) is 10. The van der Waals surface area contributed by atoms with Gasteiger partial charge in [0.2, 0.25) is 0 Å². The minimum atomic E-state index is -1.14. The van der Waals surface area contributed by atoms with Crippen LogP contribution < -0.4 is 9.47 Å². The van der Waals surface area contributed by atoms with E-state index in [2.05, 4.69) is 4.98 Å². The number of aromatic nitrogens is 2. The molecule has 0 radical (unpaired) electrons. The molecule has 2 aromatic heterocycles. The van der Waals surface area contributed by atoms with Crippen molar-refractivity contribution < 1.29 is 52.1 Å². The summed E-state index contributed by atoms with van der Waals surface area (Å²) in [7, 11) is 0. The van der Waals surface area contributed by atoms with E-state index in [9.17, 15) is 37.9 Å². The first kappa shape index (κ1) is 59.5. The van der Waals surface area contributed by atoms with Crippen LogP contribution in [-0.2, 0) is 30.9 Å². The quantitative estimate of drug-likeness (QED) is 0.110. The molecule has 90 heavy (non-hydrogen) atoms. The molecule has 1 fully saturated rings. The van der Waals surface area contributed by atoms with E-state index >= 15 is 0 Å². The largest absolute Gasteiger partial charge is 0.478 e. The summed E-state index contributed by atoms with van der Waals surface area (Å²) in [6, 6.07) is 57.7. The molecule has 8 aromatic carbocycles. The maximum absolute atomic E-state index is 14.6. The first-order valence-electron chi connectivity index (χ1n) is 29.6. The van der Waals surface area contributed by atoms with E-state index in [1.54, 1.807) is 74.5 Å². The Bertz CT molecular complexity index is 4240. The van der Waals surface area contributed by atoms with E-state index in [0.717, 1.165) is 33.4 Å². The monoisotopic (exact) mass is 1200 g/mol. The van der Waals surface area contributed by atoms with Gasteiger partial charge in [-0.3, -0.25) is 24.4 Å². The molecule has 3 aliphatic rings. The molecule has 13 rings (SSSR count). The molecule has 10 aromatic rings. The second kappa shape index (κ2) is 25.5. The third kappa shape index (κ3) is 12.4. The Labute approximate surface area is 518 Å². The predicted molar refractivity (Wildman–Crippen MR) is 335 cm³/mol. The van der Waals surface area contributed by atoms with Gasteiger partial charge in [-0.25, -0.2) is 18.4 Å². The van der Waals surface area contributed by atoms with Crippen molar-refractivity contribution in [2.24, 2.45) is 0 Å². The Kier molecular flexibility index (Phi) is 16.9. The Hall–Kier alpha value is -10.8. The van der Waals surface area contributed by atoms with Gasteiger partial charge in [0.1, 0.15) is 40.5 Å². The molecule has 0 saturated carbocycles. The number of hydrogen-bond donors (Lipinski definition) is 1. The molecule has 0 spiro atoms. The average Bonchev–Trinajstić information content (AvgIpc) is 1.49. The van der Waals surface area contributed by atoms with Crippen molar-refractivity contribution >= 4 is 51.6 Å². The van der Waals surface area contributed by atoms with Crippen molar-refractivity contribution in [3.05, 3.63) is 285 Å². The van der Waals surface area contributed by atoms with Crippen LogP contribution in [0, 0.1) is 11.6 Å². The van der Waals surface area contributed by atoms with Gasteiger partial charge in [-0.2, -0.15) is 0 Å². The number of fused-ring (bicyclic) bond motifs is 4. The summed E-state index contributed by atoms with van der Waals surface area (Å²) in [6.07, 6.45) is 1.62. The highest BCUT2D eigenvalue weighted by atomic mass is 19.1. The van der Waals surface area contributed by atoms with Crippen LogP contribution in [0.25, 0.3) is 21.8 Å². The topological polar surface area (TPSA) is 172 Å². The van der Waals surface area contributed by atoms with E-state index in [-0.39, 0.29) is 78.0 Å². The van der Waals surface area contributed by atoms with Crippen LogP contribution in [0.5, 0.6) is 11.5 Å². The van der Waals surface area contributed by atoms with Crippen LogP contribution in [0.2, 0.25) is 0 Å². The van der Waals surface area contributed by atoms with Gasteiger partial charge in [0.15, 0.2) is 11.5 Å². The number of amides is 4. The zero-order valence-electron chi connectivity index (χ0n) is 49.6. The predicted octanol–water partition coefficient (Wildman–Crippen LogP) is 13.8. The highest BCUT2D eigenvalue weighted by molar-refractivity contribution is 6.16. The Morgan fingerprint density at radius 2 is 0.867 bits per heavy atom. The van der Waals surface area contributed by atoms with Crippen LogP contribution in [0.15, 0.2) is 207 Å². The third-order valence-corrected chi connectivity index (χ3v) is 16.0. The number of ether oxygens (including phenoxy) is 3. The molecule has 452 valence electrons. The lowest BCUT2D eigenvalue weighted by atomic mass is 9.94. The molecule has 0 bridgehead atoms. The Morgan fingerprint density at radius 3 is 1.24 bits per heavy atom. The fraction of sp³-hybridized carbons (Fsp3) is 0.192. The van der Waals surface area contributed by atoms with Gasteiger partial charge < -0.3 is 38.9 Å². The second-order valence-electron chi connectivity index (χ2n) is 23.2. The van der Waals surface area contributed by atoms with Gasteiger partial charge in [-0.05, 0) is 90.6 Å². The van der Waals surface area contributed by atoms with Crippen molar-refractivity contribution in [1.29, 1.82) is 0 Å². The van der Waals surface area contributed by atoms with Gasteiger partial charge in [-0.15, -0.1) is 0 Å². The van der Waals surface area contributed by atoms with Gasteiger partial charge >= 0.3 is 12.1 Å². The summed E-state index contributed by atoms with van der Waals surface area (Å²) < 4.78 is 46.5. The zero-order valence-corrected chi connectivity index (χ0v) is 49.6. The van der Waals surface area contributed by atoms with Crippen LogP contribution in [-0.4, -0.2) is 96.2 Å². The first-order chi connectivity index (χ1) is 43.6. The number of carbonyl (C=O) groups excluding carboxylic acids is 4. The lowest BCUT2D eigenvalue weighted by Crippen LogP contribution is -2.51. The van der Waals surface area contributed by atoms with Crippen molar-refractivity contribution in [2.75, 3.05) is 26.2 Å². The highest BCUT2D eigenvalue weighted by Gasteiger charge is 2.41. The number of piperazine rings is 1. The molecule has 17 heteroatoms. The normalized spacial score (nSPS) is 13.8. The summed E-state index contributed by atoms with van der Waals surface area (Å²) in [5, 5.41) is 11.2. The van der Waals surface area contributed by atoms with Crippen molar-refractivity contribution in [3.63, 3.8) is 0 Å². The molecule has 0 atom stereocenters. The maximum atomic E-state index is 14.6. The first-order valence-corrected chi connectivity index (χ1v) is 29.6. The van der Waals surface area contributed by atoms with Crippen molar-refractivity contribution in [3.8, 4) is 11.5 Å². The zero-order chi connectivity index (χ0) is 62.6. The molecule has 15 nitrogen and oxygen atoms in total. The van der Waals surface area contributed by atoms with Crippen LogP contribution in [0.4, 0.5) is 13.6 Å². The fourth-order valence-corrected chi connectivity index (χ4v) is 11.8. The third-order valence-electron chi connectivity index (χ3n) is 16.0. The molecule has 4 amide bonds. The SMILES string of the molecule is CC(C)(C)OC(=O)N1CCN(C(=O)c2c3c(c(OC(c4ccccc4)c4ccccc4)c4ncccc24)C(=O)N(Cc2ccc(F)cc2)C3)CC1.O=C(O)c1c2c(c(OC(c3ccccc3)c3ccccc3)c3ncccc13)C(=O)N(Cc1ccc(F)cc1)C2. The number of carboxylic acid groups (broad SMARTS) is 1. The van der Waals surface area contributed by atoms with Crippen LogP contribution in [0.1, 0.15) is 119 Å². The maximum Gasteiger partial charge on any atom is 0.410 e. The molecular formula is C73H62F2N6O9. The standard InChI is InChI=1S/C41H39FN4O5.C32H23FN2O4/c1-41(2,3)51-40(49)45-23-21-44(22-24-45)38(47)33-31-15-10-20-43-35(31)37(50-36(28-11-6-4-7-12-28)29-13-8-5-9-14-29)34-32(33)26-46(39(34)48)25-27-16-18-30(42)19-17-27;33-23-15-13-20(14-16-23)18-35-19-25-26(32(37)38)24-12-7-17-34-28(24)30(27(25)31(35)36)39-29(21-8-3-1-4-9-21)22-10-5-2-6-11-22/h4-20,36H,21-26H2,1-3H3;1-17,29H,18-19H2,(H,37,38). The summed E-state index contributed by atoms with van der Waals surface area (Å²) in [5.74, 6) is -2.25. The van der Waals surface area contributed by atoms with E-state index in [0.29, 0.717) is 70.4 Å².